The molecule has 0 aliphatic heterocycles. The van der Waals surface area contributed by atoms with E-state index in [2.05, 4.69) is 12.2 Å². The molecule has 17 heavy (non-hydrogen) atoms. The molecule has 0 spiro atoms. The second-order valence-electron chi connectivity index (χ2n) is 5.29. The van der Waals surface area contributed by atoms with E-state index in [1.165, 1.54) is 44.2 Å². The summed E-state index contributed by atoms with van der Waals surface area (Å²) in [6.07, 6.45) is 6.75. The molecular weight excluding hydrogens is 213 g/mol. The van der Waals surface area contributed by atoms with Gasteiger partial charge in [0.15, 0.2) is 0 Å². The van der Waals surface area contributed by atoms with Gasteiger partial charge in [-0.2, -0.15) is 0 Å². The Balaban J connectivity index is 1.80. The number of halogens is 1. The van der Waals surface area contributed by atoms with Crippen molar-refractivity contribution in [3.8, 4) is 0 Å². The highest BCUT2D eigenvalue weighted by Gasteiger charge is 2.31. The third kappa shape index (κ3) is 3.29. The summed E-state index contributed by atoms with van der Waals surface area (Å²) in [7, 11) is 0. The Hall–Kier alpha value is -0.890. The molecule has 0 aromatic heterocycles. The van der Waals surface area contributed by atoms with Gasteiger partial charge in [0, 0.05) is 13.1 Å². The largest absolute Gasteiger partial charge is 0.312 e. The van der Waals surface area contributed by atoms with Gasteiger partial charge < -0.3 is 5.32 Å². The van der Waals surface area contributed by atoms with Crippen LogP contribution < -0.4 is 5.32 Å². The van der Waals surface area contributed by atoms with Crippen LogP contribution >= 0.6 is 0 Å². The first-order valence-corrected chi connectivity index (χ1v) is 6.69. The molecule has 0 heterocycles. The van der Waals surface area contributed by atoms with E-state index < -0.39 is 0 Å². The van der Waals surface area contributed by atoms with E-state index in [1.807, 2.05) is 12.1 Å². The van der Waals surface area contributed by atoms with Gasteiger partial charge in [0.1, 0.15) is 5.82 Å². The summed E-state index contributed by atoms with van der Waals surface area (Å²) in [6.45, 7) is 4.24. The molecular formula is C15H22FN. The second-order valence-corrected chi connectivity index (χ2v) is 5.29. The van der Waals surface area contributed by atoms with Crippen LogP contribution in [0.25, 0.3) is 0 Å². The highest BCUT2D eigenvalue weighted by molar-refractivity contribution is 5.15. The molecule has 2 heteroatoms. The number of nitrogens with one attached hydrogen (secondary N) is 1. The Kier molecular flexibility index (Phi) is 4.16. The number of hydrogen-bond donors (Lipinski definition) is 1. The summed E-state index contributed by atoms with van der Waals surface area (Å²) in [5, 5.41) is 3.53. The zero-order chi connectivity index (χ0) is 12.1. The molecule has 1 saturated carbocycles. The van der Waals surface area contributed by atoms with E-state index >= 15 is 0 Å². The summed E-state index contributed by atoms with van der Waals surface area (Å²) in [5.41, 5.74) is 1.69. The molecule has 0 amide bonds. The standard InChI is InChI=1S/C15H22FN/c1-2-15(9-3-4-10-15)12-17-11-13-5-7-14(16)8-6-13/h5-8,17H,2-4,9-12H2,1H3. The first-order valence-electron chi connectivity index (χ1n) is 6.69. The smallest absolute Gasteiger partial charge is 0.123 e. The van der Waals surface area contributed by atoms with Crippen molar-refractivity contribution in [2.45, 2.75) is 45.6 Å². The van der Waals surface area contributed by atoms with Crippen molar-refractivity contribution in [2.24, 2.45) is 5.41 Å². The Morgan fingerprint density at radius 2 is 1.82 bits per heavy atom. The fourth-order valence-corrected chi connectivity index (χ4v) is 2.85. The van der Waals surface area contributed by atoms with Gasteiger partial charge in [-0.15, -0.1) is 0 Å². The summed E-state index contributed by atoms with van der Waals surface area (Å²) in [6, 6.07) is 6.77. The fourth-order valence-electron chi connectivity index (χ4n) is 2.85. The predicted octanol–water partition coefficient (Wildman–Crippen LogP) is 3.89. The SMILES string of the molecule is CCC1(CNCc2ccc(F)cc2)CCCC1. The molecule has 0 atom stereocenters. The molecule has 94 valence electrons. The van der Waals surface area contributed by atoms with Gasteiger partial charge in [0.25, 0.3) is 0 Å². The zero-order valence-electron chi connectivity index (χ0n) is 10.6. The van der Waals surface area contributed by atoms with Crippen LogP contribution in [-0.2, 0) is 6.54 Å². The third-order valence-corrected chi connectivity index (χ3v) is 4.16. The predicted molar refractivity (Wildman–Crippen MR) is 69.3 cm³/mol. The summed E-state index contributed by atoms with van der Waals surface area (Å²) < 4.78 is 12.7. The van der Waals surface area contributed by atoms with Gasteiger partial charge in [-0.25, -0.2) is 4.39 Å². The lowest BCUT2D eigenvalue weighted by atomic mass is 9.83. The van der Waals surface area contributed by atoms with Crippen molar-refractivity contribution in [3.63, 3.8) is 0 Å². The van der Waals surface area contributed by atoms with Crippen LogP contribution in [0, 0.1) is 11.2 Å². The van der Waals surface area contributed by atoms with E-state index in [0.717, 1.165) is 18.7 Å². The van der Waals surface area contributed by atoms with Crippen molar-refractivity contribution >= 4 is 0 Å². The van der Waals surface area contributed by atoms with Crippen LogP contribution in [0.15, 0.2) is 24.3 Å². The van der Waals surface area contributed by atoms with Gasteiger partial charge in [-0.3, -0.25) is 0 Å². The Labute approximate surface area is 103 Å². The number of rotatable bonds is 5. The molecule has 1 nitrogen and oxygen atoms in total. The monoisotopic (exact) mass is 235 g/mol. The maximum atomic E-state index is 12.7. The molecule has 1 N–H and O–H groups in total. The van der Waals surface area contributed by atoms with Crippen LogP contribution in [0.4, 0.5) is 4.39 Å². The van der Waals surface area contributed by atoms with Gasteiger partial charge in [-0.1, -0.05) is 31.9 Å². The van der Waals surface area contributed by atoms with Crippen LogP contribution in [0.2, 0.25) is 0 Å². The fraction of sp³-hybridized carbons (Fsp3) is 0.600. The first kappa shape index (κ1) is 12.6. The van der Waals surface area contributed by atoms with Crippen molar-refractivity contribution in [3.05, 3.63) is 35.6 Å². The lowest BCUT2D eigenvalue weighted by molar-refractivity contribution is 0.268. The molecule has 2 rings (SSSR count). The molecule has 1 aliphatic carbocycles. The molecule has 1 aromatic rings. The normalized spacial score (nSPS) is 18.5. The third-order valence-electron chi connectivity index (χ3n) is 4.16. The van der Waals surface area contributed by atoms with Crippen LogP contribution in [0.3, 0.4) is 0 Å². The van der Waals surface area contributed by atoms with Gasteiger partial charge >= 0.3 is 0 Å². The maximum absolute atomic E-state index is 12.7. The lowest BCUT2D eigenvalue weighted by Gasteiger charge is -2.27. The molecule has 1 aliphatic rings. The summed E-state index contributed by atoms with van der Waals surface area (Å²) >= 11 is 0. The number of benzene rings is 1. The molecule has 0 bridgehead atoms. The minimum Gasteiger partial charge on any atom is -0.312 e. The molecule has 0 radical (unpaired) electrons. The minimum absolute atomic E-state index is 0.158. The molecule has 0 saturated heterocycles. The Morgan fingerprint density at radius 1 is 1.18 bits per heavy atom. The van der Waals surface area contributed by atoms with Crippen molar-refractivity contribution in [2.75, 3.05) is 6.54 Å². The summed E-state index contributed by atoms with van der Waals surface area (Å²) in [5.74, 6) is -0.158. The zero-order valence-corrected chi connectivity index (χ0v) is 10.6. The van der Waals surface area contributed by atoms with Crippen LogP contribution in [0.5, 0.6) is 0 Å². The highest BCUT2D eigenvalue weighted by atomic mass is 19.1. The van der Waals surface area contributed by atoms with Crippen LogP contribution in [0.1, 0.15) is 44.6 Å². The second kappa shape index (κ2) is 5.63. The Bertz CT molecular complexity index is 338. The number of hydrogen-bond acceptors (Lipinski definition) is 1. The average Bonchev–Trinajstić information content (AvgIpc) is 2.81. The average molecular weight is 235 g/mol. The van der Waals surface area contributed by atoms with Crippen molar-refractivity contribution < 1.29 is 4.39 Å². The quantitative estimate of drug-likeness (QED) is 0.816. The van der Waals surface area contributed by atoms with Gasteiger partial charge in [-0.05, 0) is 42.4 Å². The van der Waals surface area contributed by atoms with Crippen molar-refractivity contribution in [1.82, 2.24) is 5.32 Å². The van der Waals surface area contributed by atoms with E-state index in [4.69, 9.17) is 0 Å². The van der Waals surface area contributed by atoms with E-state index in [9.17, 15) is 4.39 Å². The van der Waals surface area contributed by atoms with Crippen molar-refractivity contribution in [1.29, 1.82) is 0 Å². The summed E-state index contributed by atoms with van der Waals surface area (Å²) in [4.78, 5) is 0. The molecule has 1 fully saturated rings. The van der Waals surface area contributed by atoms with E-state index in [-0.39, 0.29) is 5.82 Å². The minimum atomic E-state index is -0.158. The Morgan fingerprint density at radius 3 is 2.41 bits per heavy atom. The van der Waals surface area contributed by atoms with Crippen LogP contribution in [-0.4, -0.2) is 6.54 Å². The molecule has 0 unspecified atom stereocenters. The lowest BCUT2D eigenvalue weighted by Crippen LogP contribution is -2.31. The maximum Gasteiger partial charge on any atom is 0.123 e. The topological polar surface area (TPSA) is 12.0 Å². The van der Waals surface area contributed by atoms with E-state index in [0.29, 0.717) is 5.41 Å². The van der Waals surface area contributed by atoms with E-state index in [1.54, 1.807) is 0 Å². The first-order chi connectivity index (χ1) is 8.24. The molecule has 1 aromatic carbocycles. The van der Waals surface area contributed by atoms with Gasteiger partial charge in [0.2, 0.25) is 0 Å². The highest BCUT2D eigenvalue weighted by Crippen LogP contribution is 2.40. The van der Waals surface area contributed by atoms with Gasteiger partial charge in [0.05, 0.1) is 0 Å².